The maximum atomic E-state index is 11.4. The first-order valence-electron chi connectivity index (χ1n) is 7.42. The molecule has 0 spiro atoms. The van der Waals surface area contributed by atoms with Crippen molar-refractivity contribution in [1.82, 2.24) is 4.90 Å². The average Bonchev–Trinajstić information content (AvgIpc) is 2.55. The van der Waals surface area contributed by atoms with Crippen molar-refractivity contribution < 1.29 is 14.3 Å². The predicted molar refractivity (Wildman–Crippen MR) is 85.7 cm³/mol. The Morgan fingerprint density at radius 2 is 1.86 bits per heavy atom. The Bertz CT molecular complexity index is 520. The Morgan fingerprint density at radius 3 is 2.41 bits per heavy atom. The fourth-order valence-electron chi connectivity index (χ4n) is 2.41. The van der Waals surface area contributed by atoms with Gasteiger partial charge in [0.2, 0.25) is 0 Å². The smallest absolute Gasteiger partial charge is 0.334 e. The van der Waals surface area contributed by atoms with E-state index < -0.39 is 5.97 Å². The number of nitrogens with zero attached hydrogens (tertiary/aromatic N) is 2. The van der Waals surface area contributed by atoms with E-state index in [9.17, 15) is 4.79 Å². The summed E-state index contributed by atoms with van der Waals surface area (Å²) in [5, 5.41) is 0. The minimum atomic E-state index is -0.391. The lowest BCUT2D eigenvalue weighted by molar-refractivity contribution is -0.137. The monoisotopic (exact) mass is 305 g/mol. The molecular formula is C16H23N3O3. The van der Waals surface area contributed by atoms with Crippen LogP contribution in [0.4, 0.5) is 5.69 Å². The van der Waals surface area contributed by atoms with Crippen LogP contribution in [0, 0.1) is 0 Å². The lowest BCUT2D eigenvalue weighted by Gasteiger charge is -2.37. The first-order valence-corrected chi connectivity index (χ1v) is 7.42. The summed E-state index contributed by atoms with van der Waals surface area (Å²) in [7, 11) is 1.66. The van der Waals surface area contributed by atoms with Gasteiger partial charge < -0.3 is 25.0 Å². The normalized spacial score (nSPS) is 15.6. The number of benzene rings is 1. The van der Waals surface area contributed by atoms with Crippen LogP contribution in [0.25, 0.3) is 0 Å². The fraction of sp³-hybridized carbons (Fsp3) is 0.438. The summed E-state index contributed by atoms with van der Waals surface area (Å²) in [6.45, 7) is 5.37. The zero-order valence-electron chi connectivity index (χ0n) is 13.1. The van der Waals surface area contributed by atoms with E-state index >= 15 is 0 Å². The quantitative estimate of drug-likeness (QED) is 0.651. The maximum absolute atomic E-state index is 11.4. The summed E-state index contributed by atoms with van der Waals surface area (Å²) in [5.74, 6) is 0.925. The van der Waals surface area contributed by atoms with Crippen LogP contribution in [0.1, 0.15) is 6.92 Å². The molecule has 1 aliphatic heterocycles. The van der Waals surface area contributed by atoms with Crippen LogP contribution in [0.5, 0.6) is 5.75 Å². The zero-order chi connectivity index (χ0) is 15.9. The largest absolute Gasteiger partial charge is 0.497 e. The van der Waals surface area contributed by atoms with Crippen molar-refractivity contribution in [3.63, 3.8) is 0 Å². The molecule has 2 N–H and O–H groups in total. The summed E-state index contributed by atoms with van der Waals surface area (Å²) in [6, 6.07) is 8.01. The highest BCUT2D eigenvalue weighted by Crippen LogP contribution is 2.20. The van der Waals surface area contributed by atoms with Crippen molar-refractivity contribution in [2.75, 3.05) is 44.8 Å². The van der Waals surface area contributed by atoms with E-state index in [-0.39, 0.29) is 0 Å². The molecule has 1 fully saturated rings. The number of ether oxygens (including phenoxy) is 2. The molecular weight excluding hydrogens is 282 g/mol. The lowest BCUT2D eigenvalue weighted by Crippen LogP contribution is -2.47. The summed E-state index contributed by atoms with van der Waals surface area (Å²) in [5.41, 5.74) is 7.11. The van der Waals surface area contributed by atoms with Gasteiger partial charge in [0.25, 0.3) is 0 Å². The SMILES string of the molecule is CCOC(=O)/C=C(/N)N1CCN(c2ccc(OC)cc2)CC1. The van der Waals surface area contributed by atoms with E-state index in [1.165, 1.54) is 6.08 Å². The Labute approximate surface area is 131 Å². The van der Waals surface area contributed by atoms with Gasteiger partial charge >= 0.3 is 5.97 Å². The van der Waals surface area contributed by atoms with E-state index in [0.29, 0.717) is 12.4 Å². The molecule has 1 aromatic rings. The van der Waals surface area contributed by atoms with Gasteiger partial charge in [0.15, 0.2) is 0 Å². The molecule has 0 amide bonds. The molecule has 0 saturated carbocycles. The standard InChI is InChI=1S/C16H23N3O3/c1-3-22-16(20)12-15(17)19-10-8-18(9-11-19)13-4-6-14(21-2)7-5-13/h4-7,12H,3,8-11,17H2,1-2H3/b15-12-. The molecule has 6 nitrogen and oxygen atoms in total. The van der Waals surface area contributed by atoms with Crippen molar-refractivity contribution in [1.29, 1.82) is 0 Å². The number of methoxy groups -OCH3 is 1. The maximum Gasteiger partial charge on any atom is 0.334 e. The molecule has 0 aliphatic carbocycles. The minimum absolute atomic E-state index is 0.355. The second kappa shape index (κ2) is 7.59. The van der Waals surface area contributed by atoms with Crippen LogP contribution in [0.15, 0.2) is 36.2 Å². The topological polar surface area (TPSA) is 68.0 Å². The minimum Gasteiger partial charge on any atom is -0.497 e. The van der Waals surface area contributed by atoms with E-state index in [1.54, 1.807) is 14.0 Å². The lowest BCUT2D eigenvalue weighted by atomic mass is 10.2. The summed E-state index contributed by atoms with van der Waals surface area (Å²) >= 11 is 0. The molecule has 22 heavy (non-hydrogen) atoms. The first-order chi connectivity index (χ1) is 10.6. The Morgan fingerprint density at radius 1 is 1.23 bits per heavy atom. The van der Waals surface area contributed by atoms with Crippen LogP contribution in [-0.4, -0.2) is 50.8 Å². The second-order valence-electron chi connectivity index (χ2n) is 4.99. The van der Waals surface area contributed by atoms with Gasteiger partial charge in [0.1, 0.15) is 11.6 Å². The third-order valence-electron chi connectivity index (χ3n) is 3.63. The van der Waals surface area contributed by atoms with Gasteiger partial charge in [-0.25, -0.2) is 4.79 Å². The zero-order valence-corrected chi connectivity index (χ0v) is 13.1. The Balaban J connectivity index is 1.90. The molecule has 0 bridgehead atoms. The number of rotatable bonds is 5. The summed E-state index contributed by atoms with van der Waals surface area (Å²) in [4.78, 5) is 15.7. The average molecular weight is 305 g/mol. The van der Waals surface area contributed by atoms with Gasteiger partial charge in [-0.1, -0.05) is 0 Å². The molecule has 6 heteroatoms. The van der Waals surface area contributed by atoms with Crippen LogP contribution in [-0.2, 0) is 9.53 Å². The Kier molecular flexibility index (Phi) is 5.52. The second-order valence-corrected chi connectivity index (χ2v) is 4.99. The molecule has 1 heterocycles. The molecule has 1 saturated heterocycles. The van der Waals surface area contributed by atoms with Crippen molar-refractivity contribution in [2.45, 2.75) is 6.92 Å². The van der Waals surface area contributed by atoms with Gasteiger partial charge in [0.05, 0.1) is 19.8 Å². The van der Waals surface area contributed by atoms with Crippen LogP contribution >= 0.6 is 0 Å². The van der Waals surface area contributed by atoms with Crippen LogP contribution < -0.4 is 15.4 Å². The van der Waals surface area contributed by atoms with E-state index in [0.717, 1.165) is 37.6 Å². The number of piperazine rings is 1. The highest BCUT2D eigenvalue weighted by atomic mass is 16.5. The molecule has 1 aliphatic rings. The third-order valence-corrected chi connectivity index (χ3v) is 3.63. The molecule has 0 atom stereocenters. The molecule has 1 aromatic carbocycles. The van der Waals surface area contributed by atoms with E-state index in [4.69, 9.17) is 15.2 Å². The van der Waals surface area contributed by atoms with Crippen LogP contribution in [0.3, 0.4) is 0 Å². The molecule has 0 unspecified atom stereocenters. The summed E-state index contributed by atoms with van der Waals surface area (Å²) in [6.07, 6.45) is 1.35. The summed E-state index contributed by atoms with van der Waals surface area (Å²) < 4.78 is 10.0. The van der Waals surface area contributed by atoms with Crippen molar-refractivity contribution in [3.8, 4) is 5.75 Å². The van der Waals surface area contributed by atoms with Crippen molar-refractivity contribution in [2.24, 2.45) is 5.73 Å². The van der Waals surface area contributed by atoms with Gasteiger partial charge in [-0.2, -0.15) is 0 Å². The van der Waals surface area contributed by atoms with Crippen LogP contribution in [0.2, 0.25) is 0 Å². The fourth-order valence-corrected chi connectivity index (χ4v) is 2.41. The molecule has 0 radical (unpaired) electrons. The molecule has 2 rings (SSSR count). The number of carbonyl (C=O) groups excluding carboxylic acids is 1. The van der Waals surface area contributed by atoms with Gasteiger partial charge in [-0.05, 0) is 31.2 Å². The highest BCUT2D eigenvalue weighted by Gasteiger charge is 2.18. The van der Waals surface area contributed by atoms with E-state index in [1.807, 2.05) is 29.2 Å². The van der Waals surface area contributed by atoms with Gasteiger partial charge in [0, 0.05) is 31.9 Å². The van der Waals surface area contributed by atoms with Gasteiger partial charge in [-0.15, -0.1) is 0 Å². The number of nitrogens with two attached hydrogens (primary N) is 1. The predicted octanol–water partition coefficient (Wildman–Crippen LogP) is 1.18. The molecule has 120 valence electrons. The van der Waals surface area contributed by atoms with Crippen molar-refractivity contribution in [3.05, 3.63) is 36.2 Å². The third kappa shape index (κ3) is 4.07. The van der Waals surface area contributed by atoms with Crippen molar-refractivity contribution >= 4 is 11.7 Å². The Hall–Kier alpha value is -2.37. The first kappa shape index (κ1) is 16.0. The van der Waals surface area contributed by atoms with Gasteiger partial charge in [-0.3, -0.25) is 0 Å². The number of esters is 1. The number of anilines is 1. The highest BCUT2D eigenvalue weighted by molar-refractivity contribution is 5.82. The van der Waals surface area contributed by atoms with E-state index in [2.05, 4.69) is 4.90 Å². The molecule has 0 aromatic heterocycles. The number of carbonyl (C=O) groups is 1. The number of hydrogen-bond donors (Lipinski definition) is 1. The number of hydrogen-bond acceptors (Lipinski definition) is 6.